The van der Waals surface area contributed by atoms with Crippen LogP contribution in [0.15, 0.2) is 36.4 Å². The standard InChI is InChI=1S/C18H16N2O5/c21-14(18(25)20-13-8-4-3-7-12(13)17(20)24)9-19-15(22)10-5-1-2-6-11(10)16(19)23/h1-6,12-13,18,25H,7-9H2. The van der Waals surface area contributed by atoms with Crippen molar-refractivity contribution in [3.05, 3.63) is 47.5 Å². The number of amides is 3. The first-order valence-electron chi connectivity index (χ1n) is 8.14. The number of hydrogen-bond acceptors (Lipinski definition) is 5. The van der Waals surface area contributed by atoms with Gasteiger partial charge in [0, 0.05) is 6.04 Å². The Labute approximate surface area is 143 Å². The molecule has 7 nitrogen and oxygen atoms in total. The van der Waals surface area contributed by atoms with Gasteiger partial charge in [-0.2, -0.15) is 0 Å². The second-order valence-corrected chi connectivity index (χ2v) is 6.44. The largest absolute Gasteiger partial charge is 0.367 e. The minimum Gasteiger partial charge on any atom is -0.367 e. The van der Waals surface area contributed by atoms with Crippen LogP contribution in [0.4, 0.5) is 0 Å². The highest BCUT2D eigenvalue weighted by Crippen LogP contribution is 2.36. The van der Waals surface area contributed by atoms with Crippen LogP contribution >= 0.6 is 0 Å². The van der Waals surface area contributed by atoms with Gasteiger partial charge in [-0.25, -0.2) is 0 Å². The molecule has 0 bridgehead atoms. The smallest absolute Gasteiger partial charge is 0.261 e. The third kappa shape index (κ3) is 2.23. The number of benzene rings is 1. The second-order valence-electron chi connectivity index (χ2n) is 6.44. The normalized spacial score (nSPS) is 25.6. The van der Waals surface area contributed by atoms with E-state index in [4.69, 9.17) is 0 Å². The van der Waals surface area contributed by atoms with E-state index in [1.54, 1.807) is 12.1 Å². The Morgan fingerprint density at radius 2 is 1.68 bits per heavy atom. The van der Waals surface area contributed by atoms with Gasteiger partial charge in [0.25, 0.3) is 11.8 Å². The predicted molar refractivity (Wildman–Crippen MR) is 85.3 cm³/mol. The minimum atomic E-state index is -1.63. The number of ketones is 1. The van der Waals surface area contributed by atoms with Crippen LogP contribution in [0.5, 0.6) is 0 Å². The van der Waals surface area contributed by atoms with E-state index in [0.717, 1.165) is 9.80 Å². The molecule has 1 saturated heterocycles. The minimum absolute atomic E-state index is 0.188. The predicted octanol–water partition coefficient (Wildman–Crippen LogP) is 0.347. The summed E-state index contributed by atoms with van der Waals surface area (Å²) in [5.41, 5.74) is 0.486. The Hall–Kier alpha value is -2.80. The average molecular weight is 340 g/mol. The van der Waals surface area contributed by atoms with Crippen LogP contribution in [-0.2, 0) is 9.59 Å². The molecular weight excluding hydrogens is 324 g/mol. The molecule has 1 aromatic carbocycles. The summed E-state index contributed by atoms with van der Waals surface area (Å²) in [7, 11) is 0. The summed E-state index contributed by atoms with van der Waals surface area (Å²) >= 11 is 0. The number of hydrogen-bond donors (Lipinski definition) is 1. The van der Waals surface area contributed by atoms with E-state index >= 15 is 0 Å². The summed E-state index contributed by atoms with van der Waals surface area (Å²) in [6.45, 7) is -0.551. The number of allylic oxidation sites excluding steroid dienone is 1. The zero-order valence-corrected chi connectivity index (χ0v) is 13.3. The third-order valence-electron chi connectivity index (χ3n) is 5.07. The van der Waals surface area contributed by atoms with Crippen molar-refractivity contribution >= 4 is 23.5 Å². The van der Waals surface area contributed by atoms with Crippen molar-refractivity contribution in [1.82, 2.24) is 9.80 Å². The lowest BCUT2D eigenvalue weighted by Gasteiger charge is -2.49. The zero-order valence-electron chi connectivity index (χ0n) is 13.3. The van der Waals surface area contributed by atoms with Crippen LogP contribution in [0, 0.1) is 5.92 Å². The van der Waals surface area contributed by atoms with Gasteiger partial charge in [-0.1, -0.05) is 24.3 Å². The van der Waals surface area contributed by atoms with Gasteiger partial charge in [-0.15, -0.1) is 0 Å². The molecule has 128 valence electrons. The Kier molecular flexibility index (Phi) is 3.54. The van der Waals surface area contributed by atoms with Crippen molar-refractivity contribution in [2.45, 2.75) is 25.1 Å². The molecule has 3 amide bonds. The van der Waals surface area contributed by atoms with Crippen molar-refractivity contribution in [1.29, 1.82) is 0 Å². The number of rotatable bonds is 4. The maximum atomic E-state index is 12.4. The highest BCUT2D eigenvalue weighted by molar-refractivity contribution is 6.22. The van der Waals surface area contributed by atoms with Gasteiger partial charge < -0.3 is 10.0 Å². The Morgan fingerprint density at radius 1 is 1.08 bits per heavy atom. The molecule has 3 atom stereocenters. The number of aliphatic hydroxyl groups excluding tert-OH is 1. The monoisotopic (exact) mass is 340 g/mol. The highest BCUT2D eigenvalue weighted by atomic mass is 16.3. The fourth-order valence-electron chi connectivity index (χ4n) is 3.72. The van der Waals surface area contributed by atoms with E-state index in [0.29, 0.717) is 12.8 Å². The van der Waals surface area contributed by atoms with Crippen LogP contribution in [0.25, 0.3) is 0 Å². The third-order valence-corrected chi connectivity index (χ3v) is 5.07. The molecule has 1 aliphatic carbocycles. The van der Waals surface area contributed by atoms with Crippen LogP contribution in [-0.4, -0.2) is 57.2 Å². The van der Waals surface area contributed by atoms with Gasteiger partial charge in [0.05, 0.1) is 23.6 Å². The van der Waals surface area contributed by atoms with Gasteiger partial charge in [0.1, 0.15) is 0 Å². The molecule has 4 rings (SSSR count). The lowest BCUT2D eigenvalue weighted by Crippen LogP contribution is -2.67. The van der Waals surface area contributed by atoms with Crippen molar-refractivity contribution in [3.8, 4) is 0 Å². The molecule has 7 heteroatoms. The maximum Gasteiger partial charge on any atom is 0.261 e. The van der Waals surface area contributed by atoms with Crippen molar-refractivity contribution in [2.75, 3.05) is 6.54 Å². The van der Waals surface area contributed by atoms with E-state index in [1.165, 1.54) is 12.1 Å². The number of imide groups is 1. The first-order valence-corrected chi connectivity index (χ1v) is 8.14. The van der Waals surface area contributed by atoms with Gasteiger partial charge in [-0.3, -0.25) is 24.1 Å². The molecule has 25 heavy (non-hydrogen) atoms. The van der Waals surface area contributed by atoms with Crippen LogP contribution in [0.1, 0.15) is 33.6 Å². The van der Waals surface area contributed by atoms with Crippen LogP contribution in [0.2, 0.25) is 0 Å². The second kappa shape index (κ2) is 5.63. The maximum absolute atomic E-state index is 12.4. The molecular formula is C18H16N2O5. The number of nitrogens with zero attached hydrogens (tertiary/aromatic N) is 2. The molecule has 3 aliphatic rings. The van der Waals surface area contributed by atoms with Gasteiger partial charge in [0.2, 0.25) is 11.7 Å². The lowest BCUT2D eigenvalue weighted by atomic mass is 9.79. The van der Waals surface area contributed by atoms with Crippen molar-refractivity contribution in [2.24, 2.45) is 5.92 Å². The summed E-state index contributed by atoms with van der Waals surface area (Å²) < 4.78 is 0. The summed E-state index contributed by atoms with van der Waals surface area (Å²) in [6, 6.07) is 6.13. The number of β-lactam (4-membered cyclic amide) rings is 1. The SMILES string of the molecule is O=C(CN1C(=O)c2ccccc2C1=O)C(O)N1C(=O)C2CC=CCC21. The number of Topliss-reactive ketones (excluding diaryl/α,β-unsaturated/α-hetero) is 1. The van der Waals surface area contributed by atoms with Crippen molar-refractivity contribution < 1.29 is 24.3 Å². The van der Waals surface area contributed by atoms with E-state index < -0.39 is 30.4 Å². The molecule has 1 N–H and O–H groups in total. The number of aliphatic hydroxyl groups is 1. The van der Waals surface area contributed by atoms with E-state index in [-0.39, 0.29) is 29.0 Å². The summed E-state index contributed by atoms with van der Waals surface area (Å²) in [5, 5.41) is 10.3. The van der Waals surface area contributed by atoms with E-state index in [9.17, 15) is 24.3 Å². The van der Waals surface area contributed by atoms with Gasteiger partial charge in [0.15, 0.2) is 6.23 Å². The number of likely N-dealkylation sites (tertiary alicyclic amines) is 1. The van der Waals surface area contributed by atoms with E-state index in [2.05, 4.69) is 0 Å². The summed E-state index contributed by atoms with van der Waals surface area (Å²) in [4.78, 5) is 51.1. The van der Waals surface area contributed by atoms with Crippen LogP contribution < -0.4 is 0 Å². The molecule has 0 radical (unpaired) electrons. The first-order chi connectivity index (χ1) is 12.0. The molecule has 0 saturated carbocycles. The Balaban J connectivity index is 1.48. The fourth-order valence-corrected chi connectivity index (χ4v) is 3.72. The van der Waals surface area contributed by atoms with Gasteiger partial charge >= 0.3 is 0 Å². The van der Waals surface area contributed by atoms with E-state index in [1.807, 2.05) is 12.2 Å². The summed E-state index contributed by atoms with van der Waals surface area (Å²) in [5.74, 6) is -2.32. The molecule has 2 aliphatic heterocycles. The quantitative estimate of drug-likeness (QED) is 0.485. The van der Waals surface area contributed by atoms with Gasteiger partial charge in [-0.05, 0) is 25.0 Å². The topological polar surface area (TPSA) is 95.0 Å². The Morgan fingerprint density at radius 3 is 2.32 bits per heavy atom. The average Bonchev–Trinajstić information content (AvgIpc) is 2.86. The highest BCUT2D eigenvalue weighted by Gasteiger charge is 2.51. The number of carbonyl (C=O) groups is 4. The lowest BCUT2D eigenvalue weighted by molar-refractivity contribution is -0.180. The molecule has 2 heterocycles. The Bertz CT molecular complexity index is 796. The molecule has 1 aromatic rings. The first kappa shape index (κ1) is 15.7. The molecule has 0 aromatic heterocycles. The van der Waals surface area contributed by atoms with Crippen molar-refractivity contribution in [3.63, 3.8) is 0 Å². The molecule has 3 unspecified atom stereocenters. The molecule has 1 fully saturated rings. The number of carbonyl (C=O) groups excluding carboxylic acids is 4. The van der Waals surface area contributed by atoms with Crippen LogP contribution in [0.3, 0.4) is 0 Å². The number of fused-ring (bicyclic) bond motifs is 2. The zero-order chi connectivity index (χ0) is 17.7. The fraction of sp³-hybridized carbons (Fsp3) is 0.333. The molecule has 0 spiro atoms. The summed E-state index contributed by atoms with van der Waals surface area (Å²) in [6.07, 6.45) is 3.41.